The molecule has 3 rings (SSSR count). The van der Waals surface area contributed by atoms with Gasteiger partial charge in [0.1, 0.15) is 17.5 Å². The molecule has 0 spiro atoms. The lowest BCUT2D eigenvalue weighted by Gasteiger charge is -2.33. The van der Waals surface area contributed by atoms with Gasteiger partial charge >= 0.3 is 0 Å². The molecule has 0 aromatic carbocycles. The molecule has 136 valence electrons. The third kappa shape index (κ3) is 4.39. The summed E-state index contributed by atoms with van der Waals surface area (Å²) in [7, 11) is 0. The van der Waals surface area contributed by atoms with Gasteiger partial charge in [0.05, 0.1) is 0 Å². The molecule has 2 aromatic rings. The molecule has 0 radical (unpaired) electrons. The molecule has 25 heavy (non-hydrogen) atoms. The number of aromatic nitrogens is 4. The largest absolute Gasteiger partial charge is 0.356 e. The van der Waals surface area contributed by atoms with Crippen molar-refractivity contribution < 1.29 is 0 Å². The maximum absolute atomic E-state index is 4.72. The normalized spacial score (nSPS) is 17.9. The Bertz CT molecular complexity index is 678. The van der Waals surface area contributed by atoms with E-state index in [9.17, 15) is 0 Å². The molecule has 0 amide bonds. The van der Waals surface area contributed by atoms with Crippen LogP contribution in [0.4, 0.5) is 5.82 Å². The number of aryl methyl sites for hydroxylation is 3. The van der Waals surface area contributed by atoms with Crippen LogP contribution >= 0.6 is 0 Å². The quantitative estimate of drug-likeness (QED) is 0.760. The monoisotopic (exact) mass is 341 g/mol. The number of hydrogen-bond acceptors (Lipinski definition) is 4. The number of hydrogen-bond donors (Lipinski definition) is 0. The first kappa shape index (κ1) is 17.9. The summed E-state index contributed by atoms with van der Waals surface area (Å²) in [6.45, 7) is 9.60. The molecule has 1 aliphatic rings. The fourth-order valence-electron chi connectivity index (χ4n) is 3.75. The van der Waals surface area contributed by atoms with E-state index in [2.05, 4.69) is 45.5 Å². The van der Waals surface area contributed by atoms with Gasteiger partial charge in [-0.1, -0.05) is 26.7 Å². The van der Waals surface area contributed by atoms with Gasteiger partial charge in [-0.15, -0.1) is 0 Å². The Labute approximate surface area is 151 Å². The summed E-state index contributed by atoms with van der Waals surface area (Å²) in [6.07, 6.45) is 11.1. The first-order valence-corrected chi connectivity index (χ1v) is 9.81. The Balaban J connectivity index is 1.76. The fourth-order valence-corrected chi connectivity index (χ4v) is 3.75. The number of unbranched alkanes of at least 4 members (excludes halogenated alkanes) is 1. The van der Waals surface area contributed by atoms with Crippen molar-refractivity contribution >= 4 is 5.82 Å². The van der Waals surface area contributed by atoms with E-state index in [-0.39, 0.29) is 0 Å². The van der Waals surface area contributed by atoms with E-state index in [4.69, 9.17) is 4.98 Å². The molecule has 2 aromatic heterocycles. The molecule has 0 N–H and O–H groups in total. The van der Waals surface area contributed by atoms with Crippen LogP contribution in [-0.2, 0) is 13.0 Å². The lowest BCUT2D eigenvalue weighted by atomic mass is 9.97. The van der Waals surface area contributed by atoms with Crippen LogP contribution in [0.1, 0.15) is 69.2 Å². The molecule has 3 heterocycles. The van der Waals surface area contributed by atoms with Gasteiger partial charge in [-0.3, -0.25) is 0 Å². The first-order valence-electron chi connectivity index (χ1n) is 9.81. The van der Waals surface area contributed by atoms with Crippen molar-refractivity contribution in [1.82, 2.24) is 19.5 Å². The molecular formula is C20H31N5. The Morgan fingerprint density at radius 1 is 1.20 bits per heavy atom. The maximum Gasteiger partial charge on any atom is 0.132 e. The van der Waals surface area contributed by atoms with Gasteiger partial charge in [-0.2, -0.15) is 0 Å². The van der Waals surface area contributed by atoms with Crippen LogP contribution in [0.25, 0.3) is 0 Å². The van der Waals surface area contributed by atoms with Crippen LogP contribution < -0.4 is 4.90 Å². The topological polar surface area (TPSA) is 46.8 Å². The third-order valence-electron chi connectivity index (χ3n) is 4.99. The van der Waals surface area contributed by atoms with Crippen LogP contribution in [0.2, 0.25) is 0 Å². The highest BCUT2D eigenvalue weighted by Crippen LogP contribution is 2.29. The van der Waals surface area contributed by atoms with E-state index in [0.29, 0.717) is 5.92 Å². The maximum atomic E-state index is 4.72. The number of imidazole rings is 1. The highest BCUT2D eigenvalue weighted by atomic mass is 15.2. The number of anilines is 1. The smallest absolute Gasteiger partial charge is 0.132 e. The van der Waals surface area contributed by atoms with Crippen molar-refractivity contribution in [3.63, 3.8) is 0 Å². The predicted octanol–water partition coefficient (Wildman–Crippen LogP) is 4.12. The van der Waals surface area contributed by atoms with E-state index in [1.54, 1.807) is 0 Å². The fraction of sp³-hybridized carbons (Fsp3) is 0.650. The summed E-state index contributed by atoms with van der Waals surface area (Å²) in [6, 6.07) is 2.18. The van der Waals surface area contributed by atoms with E-state index in [0.717, 1.165) is 49.8 Å². The first-order chi connectivity index (χ1) is 12.2. The molecule has 1 unspecified atom stereocenters. The molecule has 1 saturated heterocycles. The van der Waals surface area contributed by atoms with Crippen molar-refractivity contribution in [3.05, 3.63) is 35.8 Å². The summed E-state index contributed by atoms with van der Waals surface area (Å²) >= 11 is 0. The zero-order chi connectivity index (χ0) is 17.6. The minimum absolute atomic E-state index is 0.491. The van der Waals surface area contributed by atoms with Crippen LogP contribution in [0.3, 0.4) is 0 Å². The second kappa shape index (κ2) is 8.45. The van der Waals surface area contributed by atoms with Crippen LogP contribution in [0.5, 0.6) is 0 Å². The Hall–Kier alpha value is -1.91. The van der Waals surface area contributed by atoms with Crippen molar-refractivity contribution in [2.75, 3.05) is 18.0 Å². The van der Waals surface area contributed by atoms with Crippen molar-refractivity contribution in [3.8, 4) is 0 Å². The van der Waals surface area contributed by atoms with E-state index >= 15 is 0 Å². The van der Waals surface area contributed by atoms with Gasteiger partial charge in [0.25, 0.3) is 0 Å². The van der Waals surface area contributed by atoms with Gasteiger partial charge in [0.15, 0.2) is 0 Å². The second-order valence-corrected chi connectivity index (χ2v) is 7.13. The zero-order valence-corrected chi connectivity index (χ0v) is 15.9. The summed E-state index contributed by atoms with van der Waals surface area (Å²) in [5, 5.41) is 0. The molecule has 5 nitrogen and oxygen atoms in total. The lowest BCUT2D eigenvalue weighted by Crippen LogP contribution is -2.36. The van der Waals surface area contributed by atoms with Gasteiger partial charge < -0.3 is 9.47 Å². The molecule has 1 aliphatic heterocycles. The third-order valence-corrected chi connectivity index (χ3v) is 4.99. The van der Waals surface area contributed by atoms with Gasteiger partial charge in [0.2, 0.25) is 0 Å². The number of nitrogens with zero attached hydrogens (tertiary/aromatic N) is 5. The zero-order valence-electron chi connectivity index (χ0n) is 15.9. The summed E-state index contributed by atoms with van der Waals surface area (Å²) in [5.74, 6) is 3.71. The Kier molecular flexibility index (Phi) is 6.05. The molecule has 0 bridgehead atoms. The van der Waals surface area contributed by atoms with Crippen molar-refractivity contribution in [2.45, 2.75) is 71.8 Å². The average Bonchev–Trinajstić information content (AvgIpc) is 3.08. The highest BCUT2D eigenvalue weighted by molar-refractivity contribution is 5.41. The minimum atomic E-state index is 0.491. The van der Waals surface area contributed by atoms with Crippen molar-refractivity contribution in [1.29, 1.82) is 0 Å². The molecule has 1 fully saturated rings. The predicted molar refractivity (Wildman–Crippen MR) is 102 cm³/mol. The summed E-state index contributed by atoms with van der Waals surface area (Å²) in [5.41, 5.74) is 1.16. The second-order valence-electron chi connectivity index (χ2n) is 7.13. The summed E-state index contributed by atoms with van der Waals surface area (Å²) < 4.78 is 2.35. The Morgan fingerprint density at radius 2 is 2.08 bits per heavy atom. The molecular weight excluding hydrogens is 310 g/mol. The van der Waals surface area contributed by atoms with Gasteiger partial charge in [-0.05, 0) is 32.6 Å². The molecule has 0 saturated carbocycles. The SMILES string of the molecule is CCCCn1ccnc1C1CCCN(c2cc(CCC)nc(C)n2)C1. The van der Waals surface area contributed by atoms with Crippen molar-refractivity contribution in [2.24, 2.45) is 0 Å². The van der Waals surface area contributed by atoms with E-state index < -0.39 is 0 Å². The standard InChI is InChI=1S/C20H31N5/c1-4-6-11-24-13-10-21-20(24)17-9-7-12-25(15-17)19-14-18(8-5-2)22-16(3)23-19/h10,13-14,17H,4-9,11-12,15H2,1-3H3. The molecule has 5 heteroatoms. The van der Waals surface area contributed by atoms with E-state index in [1.165, 1.54) is 31.5 Å². The average molecular weight is 342 g/mol. The lowest BCUT2D eigenvalue weighted by molar-refractivity contribution is 0.463. The molecule has 1 atom stereocenters. The van der Waals surface area contributed by atoms with Crippen LogP contribution in [0.15, 0.2) is 18.5 Å². The number of rotatable bonds is 7. The van der Waals surface area contributed by atoms with Crippen LogP contribution in [-0.4, -0.2) is 32.6 Å². The van der Waals surface area contributed by atoms with Crippen LogP contribution in [0, 0.1) is 6.92 Å². The summed E-state index contributed by atoms with van der Waals surface area (Å²) in [4.78, 5) is 16.4. The van der Waals surface area contributed by atoms with E-state index in [1.807, 2.05) is 13.1 Å². The molecule has 0 aliphatic carbocycles. The van der Waals surface area contributed by atoms with Gasteiger partial charge in [-0.25, -0.2) is 15.0 Å². The minimum Gasteiger partial charge on any atom is -0.356 e. The van der Waals surface area contributed by atoms with Gasteiger partial charge in [0, 0.05) is 49.7 Å². The highest BCUT2D eigenvalue weighted by Gasteiger charge is 2.25. The Morgan fingerprint density at radius 3 is 2.88 bits per heavy atom. The number of piperidine rings is 1.